The number of esters is 1. The summed E-state index contributed by atoms with van der Waals surface area (Å²) in [5.74, 6) is -1.70. The molecule has 4 aromatic rings. The van der Waals surface area contributed by atoms with Gasteiger partial charge in [0, 0.05) is 17.3 Å². The minimum atomic E-state index is -1.23. The lowest BCUT2D eigenvalue weighted by atomic mass is 10.1. The van der Waals surface area contributed by atoms with Crippen molar-refractivity contribution in [3.63, 3.8) is 0 Å². The molecule has 0 aliphatic heterocycles. The van der Waals surface area contributed by atoms with Crippen LogP contribution in [0.5, 0.6) is 0 Å². The molecule has 0 bridgehead atoms. The highest BCUT2D eigenvalue weighted by Crippen LogP contribution is 2.22. The summed E-state index contributed by atoms with van der Waals surface area (Å²) in [6, 6.07) is 23.6. The van der Waals surface area contributed by atoms with Gasteiger partial charge in [-0.2, -0.15) is 0 Å². The number of anilines is 1. The van der Waals surface area contributed by atoms with Gasteiger partial charge in [0.2, 0.25) is 11.9 Å². The van der Waals surface area contributed by atoms with E-state index in [1.54, 1.807) is 66.7 Å². The van der Waals surface area contributed by atoms with Crippen LogP contribution in [0.25, 0.3) is 11.0 Å². The summed E-state index contributed by atoms with van der Waals surface area (Å²) in [6.45, 7) is 1.94. The van der Waals surface area contributed by atoms with E-state index in [4.69, 9.17) is 9.15 Å². The van der Waals surface area contributed by atoms with Crippen LogP contribution in [0.15, 0.2) is 94.1 Å². The number of carbonyl (C=O) groups is 2. The second-order valence-electron chi connectivity index (χ2n) is 7.02. The van der Waals surface area contributed by atoms with Crippen molar-refractivity contribution in [3.8, 4) is 0 Å². The number of aryl methyl sites for hydroxylation is 1. The van der Waals surface area contributed by atoms with Crippen molar-refractivity contribution in [1.82, 2.24) is 0 Å². The number of hydrogen-bond donors (Lipinski definition) is 1. The van der Waals surface area contributed by atoms with E-state index in [0.717, 1.165) is 11.6 Å². The topological polar surface area (TPSA) is 85.6 Å². The van der Waals surface area contributed by atoms with Crippen LogP contribution in [0.4, 0.5) is 5.69 Å². The van der Waals surface area contributed by atoms with Crippen molar-refractivity contribution in [2.24, 2.45) is 0 Å². The minimum absolute atomic E-state index is 0.266. The van der Waals surface area contributed by atoms with Crippen molar-refractivity contribution in [3.05, 3.63) is 112 Å². The quantitative estimate of drug-likeness (QED) is 0.482. The van der Waals surface area contributed by atoms with E-state index < -0.39 is 18.0 Å². The van der Waals surface area contributed by atoms with Gasteiger partial charge in [-0.25, -0.2) is 4.79 Å². The fourth-order valence-corrected chi connectivity index (χ4v) is 3.12. The maximum Gasteiger partial charge on any atom is 0.375 e. The Morgan fingerprint density at radius 2 is 1.58 bits per heavy atom. The molecule has 0 aliphatic rings. The van der Waals surface area contributed by atoms with Crippen molar-refractivity contribution in [1.29, 1.82) is 0 Å². The number of nitrogens with one attached hydrogen (secondary N) is 1. The Bertz CT molecular complexity index is 1290. The number of benzene rings is 3. The maximum atomic E-state index is 13.0. The summed E-state index contributed by atoms with van der Waals surface area (Å²) in [4.78, 5) is 38.1. The maximum absolute atomic E-state index is 13.0. The van der Waals surface area contributed by atoms with Crippen LogP contribution < -0.4 is 10.7 Å². The highest BCUT2D eigenvalue weighted by atomic mass is 16.6. The fraction of sp³-hybridized carbons (Fsp3) is 0.0800. The molecule has 154 valence electrons. The van der Waals surface area contributed by atoms with E-state index in [9.17, 15) is 14.4 Å². The molecule has 0 saturated carbocycles. The predicted molar refractivity (Wildman–Crippen MR) is 117 cm³/mol. The van der Waals surface area contributed by atoms with Crippen molar-refractivity contribution < 1.29 is 18.7 Å². The molecule has 31 heavy (non-hydrogen) atoms. The van der Waals surface area contributed by atoms with Gasteiger partial charge in [-0.1, -0.05) is 60.2 Å². The van der Waals surface area contributed by atoms with Crippen LogP contribution in [0, 0.1) is 6.92 Å². The van der Waals surface area contributed by atoms with E-state index in [2.05, 4.69) is 5.32 Å². The van der Waals surface area contributed by atoms with Gasteiger partial charge in [-0.05, 0) is 31.2 Å². The molecule has 0 fully saturated rings. The van der Waals surface area contributed by atoms with E-state index in [0.29, 0.717) is 16.6 Å². The Balaban J connectivity index is 1.63. The van der Waals surface area contributed by atoms with Gasteiger partial charge in [-0.15, -0.1) is 0 Å². The highest BCUT2D eigenvalue weighted by molar-refractivity contribution is 5.97. The van der Waals surface area contributed by atoms with Gasteiger partial charge in [0.15, 0.2) is 5.43 Å². The molecular weight excluding hydrogens is 394 g/mol. The zero-order valence-corrected chi connectivity index (χ0v) is 16.7. The predicted octanol–water partition coefficient (Wildman–Crippen LogP) is 4.64. The molecule has 0 aliphatic carbocycles. The third kappa shape index (κ3) is 4.53. The number of hydrogen-bond acceptors (Lipinski definition) is 5. The summed E-state index contributed by atoms with van der Waals surface area (Å²) < 4.78 is 11.0. The molecule has 1 atom stereocenters. The number of ether oxygens (including phenoxy) is 1. The van der Waals surface area contributed by atoms with Crippen LogP contribution in [0.2, 0.25) is 0 Å². The Morgan fingerprint density at radius 3 is 2.32 bits per heavy atom. The molecule has 6 nitrogen and oxygen atoms in total. The Labute approximate surface area is 178 Å². The largest absolute Gasteiger partial charge is 0.449 e. The standard InChI is InChI=1S/C25H19NO5/c1-16-11-13-18(14-12-16)26-24(28)23(17-7-3-2-4-8-17)31-25(29)22-15-20(27)19-9-5-6-10-21(19)30-22/h2-15,23H,1H3,(H,26,28). The lowest BCUT2D eigenvalue weighted by molar-refractivity contribution is -0.125. The first kappa shape index (κ1) is 20.1. The van der Waals surface area contributed by atoms with Crippen LogP contribution in [-0.4, -0.2) is 11.9 Å². The van der Waals surface area contributed by atoms with Crippen LogP contribution in [0.1, 0.15) is 27.8 Å². The van der Waals surface area contributed by atoms with Crippen LogP contribution in [0.3, 0.4) is 0 Å². The SMILES string of the molecule is Cc1ccc(NC(=O)C(OC(=O)c2cc(=O)c3ccccc3o2)c2ccccc2)cc1. The van der Waals surface area contributed by atoms with Crippen molar-refractivity contribution in [2.75, 3.05) is 5.32 Å². The first-order valence-electron chi connectivity index (χ1n) is 9.67. The lowest BCUT2D eigenvalue weighted by Crippen LogP contribution is -2.26. The molecule has 6 heteroatoms. The number of fused-ring (bicyclic) bond motifs is 1. The molecule has 1 amide bonds. The first-order valence-corrected chi connectivity index (χ1v) is 9.67. The molecule has 0 spiro atoms. The van der Waals surface area contributed by atoms with Gasteiger partial charge in [0.1, 0.15) is 5.58 Å². The van der Waals surface area contributed by atoms with Crippen molar-refractivity contribution >= 4 is 28.5 Å². The third-order valence-electron chi connectivity index (χ3n) is 4.72. The summed E-state index contributed by atoms with van der Waals surface area (Å²) in [5, 5.41) is 3.11. The fourth-order valence-electron chi connectivity index (χ4n) is 3.12. The summed E-state index contributed by atoms with van der Waals surface area (Å²) in [5.41, 5.74) is 2.01. The van der Waals surface area contributed by atoms with E-state index in [1.807, 2.05) is 19.1 Å². The monoisotopic (exact) mass is 413 g/mol. The highest BCUT2D eigenvalue weighted by Gasteiger charge is 2.27. The second kappa shape index (κ2) is 8.67. The van der Waals surface area contributed by atoms with E-state index in [1.165, 1.54) is 0 Å². The van der Waals surface area contributed by atoms with Gasteiger partial charge >= 0.3 is 5.97 Å². The summed E-state index contributed by atoms with van der Waals surface area (Å²) in [6.07, 6.45) is -1.23. The zero-order valence-electron chi connectivity index (χ0n) is 16.7. The zero-order chi connectivity index (χ0) is 21.8. The molecule has 0 saturated heterocycles. The molecular formula is C25H19NO5. The molecule has 1 N–H and O–H groups in total. The average Bonchev–Trinajstić information content (AvgIpc) is 2.79. The van der Waals surface area contributed by atoms with E-state index in [-0.39, 0.29) is 16.8 Å². The number of rotatable bonds is 5. The van der Waals surface area contributed by atoms with Gasteiger partial charge in [0.05, 0.1) is 5.39 Å². The molecule has 1 heterocycles. The average molecular weight is 413 g/mol. The van der Waals surface area contributed by atoms with E-state index >= 15 is 0 Å². The third-order valence-corrected chi connectivity index (χ3v) is 4.72. The molecule has 0 radical (unpaired) electrons. The Kier molecular flexibility index (Phi) is 5.62. The Hall–Kier alpha value is -4.19. The smallest absolute Gasteiger partial charge is 0.375 e. The van der Waals surface area contributed by atoms with Gasteiger partial charge in [-0.3, -0.25) is 9.59 Å². The molecule has 1 aromatic heterocycles. The summed E-state index contributed by atoms with van der Waals surface area (Å²) >= 11 is 0. The number of amides is 1. The van der Waals surface area contributed by atoms with Gasteiger partial charge < -0.3 is 14.5 Å². The van der Waals surface area contributed by atoms with Crippen LogP contribution >= 0.6 is 0 Å². The summed E-state index contributed by atoms with van der Waals surface area (Å²) in [7, 11) is 0. The molecule has 4 rings (SSSR count). The van der Waals surface area contributed by atoms with Crippen LogP contribution in [-0.2, 0) is 9.53 Å². The normalized spacial score (nSPS) is 11.6. The molecule has 3 aromatic carbocycles. The lowest BCUT2D eigenvalue weighted by Gasteiger charge is -2.18. The number of carbonyl (C=O) groups excluding carboxylic acids is 2. The second-order valence-corrected chi connectivity index (χ2v) is 7.02. The van der Waals surface area contributed by atoms with Gasteiger partial charge in [0.25, 0.3) is 5.91 Å². The number of para-hydroxylation sites is 1. The minimum Gasteiger partial charge on any atom is -0.449 e. The Morgan fingerprint density at radius 1 is 0.903 bits per heavy atom. The first-order chi connectivity index (χ1) is 15.0. The molecule has 1 unspecified atom stereocenters. The van der Waals surface area contributed by atoms with Crippen molar-refractivity contribution in [2.45, 2.75) is 13.0 Å².